The molecule has 0 atom stereocenters. The fourth-order valence-corrected chi connectivity index (χ4v) is 4.45. The highest BCUT2D eigenvalue weighted by Gasteiger charge is 2.06. The molecule has 0 saturated carbocycles. The Bertz CT molecular complexity index is 1060. The first-order valence-corrected chi connectivity index (χ1v) is 13.5. The van der Waals surface area contributed by atoms with Crippen LogP contribution in [0, 0.1) is 0 Å². The number of methoxy groups -OCH3 is 2. The summed E-state index contributed by atoms with van der Waals surface area (Å²) in [7, 11) is -2.27. The van der Waals surface area contributed by atoms with Crippen LogP contribution in [-0.4, -0.2) is 14.2 Å². The van der Waals surface area contributed by atoms with E-state index in [2.05, 4.69) is 72.8 Å². The molecule has 5 nitrogen and oxygen atoms in total. The lowest BCUT2D eigenvalue weighted by molar-refractivity contribution is -0.328. The number of rotatable bonds is 6. The smallest absolute Gasteiger partial charge is 0.158 e. The van der Waals surface area contributed by atoms with Crippen molar-refractivity contribution in [2.75, 3.05) is 14.2 Å². The van der Waals surface area contributed by atoms with Crippen LogP contribution in [-0.2, 0) is 28.1 Å². The highest BCUT2D eigenvalue weighted by atomic mass is 32.2. The molecule has 0 spiro atoms. The number of hydrogen-bond acceptors (Lipinski definition) is 5. The predicted octanol–water partition coefficient (Wildman–Crippen LogP) is 4.64. The van der Waals surface area contributed by atoms with E-state index in [9.17, 15) is 4.20 Å². The lowest BCUT2D eigenvalue weighted by Gasteiger charge is -2.15. The molecule has 0 aliphatic rings. The number of benzene rings is 4. The Morgan fingerprint density at radius 2 is 0.829 bits per heavy atom. The molecule has 184 valence electrons. The van der Waals surface area contributed by atoms with E-state index < -0.39 is 7.91 Å². The molecule has 4 aromatic carbocycles. The van der Waals surface area contributed by atoms with Crippen molar-refractivity contribution in [3.8, 4) is 11.5 Å². The molecule has 4 rings (SSSR count). The highest BCUT2D eigenvalue weighted by Crippen LogP contribution is 2.22. The van der Waals surface area contributed by atoms with Gasteiger partial charge >= 0.3 is 0 Å². The molecule has 0 fully saturated rings. The fourth-order valence-electron chi connectivity index (χ4n) is 2.62. The van der Waals surface area contributed by atoms with Gasteiger partial charge in [-0.25, -0.2) is 4.20 Å². The Kier molecular flexibility index (Phi) is 12.5. The third-order valence-electron chi connectivity index (χ3n) is 4.17. The average molecular weight is 533 g/mol. The third-order valence-corrected chi connectivity index (χ3v) is 6.40. The second-order valence-corrected chi connectivity index (χ2v) is 10.1. The highest BCUT2D eigenvalue weighted by molar-refractivity contribution is 7.78. The first-order chi connectivity index (χ1) is 16.8. The van der Waals surface area contributed by atoms with E-state index in [4.69, 9.17) is 23.8 Å². The molecule has 0 aliphatic carbocycles. The van der Waals surface area contributed by atoms with E-state index in [0.29, 0.717) is 0 Å². The van der Waals surface area contributed by atoms with Gasteiger partial charge in [0.15, 0.2) is 19.6 Å². The Morgan fingerprint density at radius 1 is 0.571 bits per heavy atom. The summed E-state index contributed by atoms with van der Waals surface area (Å²) in [6.45, 7) is 0. The summed E-state index contributed by atoms with van der Waals surface area (Å²) < 4.78 is 28.8. The predicted molar refractivity (Wildman–Crippen MR) is 138 cm³/mol. The maximum absolute atomic E-state index is 10.1. The molecule has 4 aromatic rings. The van der Waals surface area contributed by atoms with Crippen molar-refractivity contribution in [1.82, 2.24) is 0 Å². The van der Waals surface area contributed by atoms with Gasteiger partial charge in [0.05, 0.1) is 14.2 Å². The molecule has 0 N–H and O–H groups in total. The van der Waals surface area contributed by atoms with Crippen molar-refractivity contribution >= 4 is 31.4 Å². The van der Waals surface area contributed by atoms with Crippen molar-refractivity contribution in [2.45, 2.75) is 19.6 Å². The standard InChI is InChI=1S/2C13H12OS.FH2O3P/c2*1-14-11-7-9-13(10-8-11)15-12-5-3-2-4-6-12;1-5(2,3)4/h2*2-10H,1H3;(H2,2,3,4). The van der Waals surface area contributed by atoms with Gasteiger partial charge in [0.2, 0.25) is 0 Å². The first kappa shape index (κ1) is 28.5. The second kappa shape index (κ2) is 15.3. The van der Waals surface area contributed by atoms with Gasteiger partial charge in [-0.2, -0.15) is 0 Å². The second-order valence-electron chi connectivity index (χ2n) is 6.72. The number of thiol groups is 2. The molecule has 0 aromatic heterocycles. The van der Waals surface area contributed by atoms with Crippen LogP contribution in [0.5, 0.6) is 11.5 Å². The zero-order valence-electron chi connectivity index (χ0n) is 19.2. The fraction of sp³-hybridized carbons (Fsp3) is 0.0769. The van der Waals surface area contributed by atoms with Gasteiger partial charge in [-0.3, -0.25) is 0 Å². The van der Waals surface area contributed by atoms with Crippen LogP contribution in [0.3, 0.4) is 0 Å². The minimum absolute atomic E-state index is 0.905. The summed E-state index contributed by atoms with van der Waals surface area (Å²) in [5, 5.41) is 0. The molecule has 9 heteroatoms. The molecule has 35 heavy (non-hydrogen) atoms. The molecule has 0 unspecified atom stereocenters. The van der Waals surface area contributed by atoms with Crippen molar-refractivity contribution in [3.05, 3.63) is 109 Å². The molecule has 0 saturated heterocycles. The normalized spacial score (nSPS) is 10.2. The van der Waals surface area contributed by atoms with Gasteiger partial charge in [0.1, 0.15) is 19.4 Å². The molecule has 0 radical (unpaired) electrons. The van der Waals surface area contributed by atoms with Crippen LogP contribution in [0.1, 0.15) is 0 Å². The van der Waals surface area contributed by atoms with Crippen LogP contribution in [0.4, 0.5) is 4.20 Å². The van der Waals surface area contributed by atoms with Gasteiger partial charge in [-0.1, -0.05) is 36.4 Å². The van der Waals surface area contributed by atoms with E-state index in [1.165, 1.54) is 43.1 Å². The van der Waals surface area contributed by atoms with Crippen LogP contribution in [0.2, 0.25) is 0 Å². The third kappa shape index (κ3) is 13.1. The van der Waals surface area contributed by atoms with Gasteiger partial charge in [0.25, 0.3) is 0 Å². The zero-order valence-corrected chi connectivity index (χ0v) is 21.8. The van der Waals surface area contributed by atoms with Gasteiger partial charge in [0, 0.05) is 23.5 Å². The van der Waals surface area contributed by atoms with Crippen LogP contribution in [0.15, 0.2) is 129 Å². The van der Waals surface area contributed by atoms with Crippen molar-refractivity contribution in [1.29, 1.82) is 0 Å². The summed E-state index contributed by atoms with van der Waals surface area (Å²) in [5.41, 5.74) is 0. The van der Waals surface area contributed by atoms with Crippen LogP contribution >= 0.6 is 7.91 Å². The van der Waals surface area contributed by atoms with Crippen molar-refractivity contribution < 1.29 is 28.0 Å². The topological polar surface area (TPSA) is 81.7 Å². The number of halogens is 1. The average Bonchev–Trinajstić information content (AvgIpc) is 2.86. The Labute approximate surface area is 213 Å². The molecular weight excluding hydrogens is 506 g/mol. The molecule has 0 heterocycles. The van der Waals surface area contributed by atoms with Crippen molar-refractivity contribution in [2.24, 2.45) is 0 Å². The summed E-state index contributed by atoms with van der Waals surface area (Å²) in [5.74, 6) is 1.81. The maximum atomic E-state index is 10.1. The van der Waals surface area contributed by atoms with Gasteiger partial charge in [-0.15, -0.1) is 0 Å². The van der Waals surface area contributed by atoms with Gasteiger partial charge < -0.3 is 23.8 Å². The van der Waals surface area contributed by atoms with Crippen LogP contribution < -0.4 is 19.3 Å². The number of ether oxygens (including phenoxy) is 2. The molecule has 0 amide bonds. The summed E-state index contributed by atoms with van der Waals surface area (Å²) >= 11 is 2.47. The first-order valence-electron chi connectivity index (χ1n) is 10.3. The SMILES string of the molecule is COc1ccc([SH+]c2ccccc2)cc1.COc1ccc([SH+]c2ccccc2)cc1.O=P([O-])([O-])F. The quantitative estimate of drug-likeness (QED) is 0.205. The summed E-state index contributed by atoms with van der Waals surface area (Å²) in [6, 6.07) is 37.2. The number of hydrogen-bond donors (Lipinski definition) is 0. The zero-order chi connectivity index (χ0) is 25.5. The summed E-state index contributed by atoms with van der Waals surface area (Å²) in [4.78, 5) is 22.1. The lowest BCUT2D eigenvalue weighted by Crippen LogP contribution is -2.07. The Morgan fingerprint density at radius 3 is 1.09 bits per heavy atom. The van der Waals surface area contributed by atoms with Gasteiger partial charge in [-0.05, 0) is 72.8 Å². The molecule has 0 aliphatic heterocycles. The minimum atomic E-state index is -5.64. The molecular formula is C26H26FO5PS2. The van der Waals surface area contributed by atoms with Crippen molar-refractivity contribution in [3.63, 3.8) is 0 Å². The lowest BCUT2D eigenvalue weighted by atomic mass is 10.3. The minimum Gasteiger partial charge on any atom is -0.786 e. The van der Waals surface area contributed by atoms with E-state index in [-0.39, 0.29) is 0 Å². The Hall–Kier alpha value is -2.74. The molecule has 0 bridgehead atoms. The largest absolute Gasteiger partial charge is 0.786 e. The van der Waals surface area contributed by atoms with E-state index in [1.807, 2.05) is 36.4 Å². The summed E-state index contributed by atoms with van der Waals surface area (Å²) in [6.07, 6.45) is 0. The van der Waals surface area contributed by atoms with Crippen LogP contribution in [0.25, 0.3) is 0 Å². The maximum Gasteiger partial charge on any atom is 0.158 e. The van der Waals surface area contributed by atoms with E-state index in [0.717, 1.165) is 11.5 Å². The Balaban J connectivity index is 0.000000208. The van der Waals surface area contributed by atoms with E-state index in [1.54, 1.807) is 14.2 Å². The monoisotopic (exact) mass is 532 g/mol. The van der Waals surface area contributed by atoms with E-state index >= 15 is 0 Å².